The van der Waals surface area contributed by atoms with Crippen LogP contribution < -0.4 is 5.32 Å². The fourth-order valence-electron chi connectivity index (χ4n) is 2.99. The molecule has 1 aromatic heterocycles. The predicted octanol–water partition coefficient (Wildman–Crippen LogP) is 4.51. The van der Waals surface area contributed by atoms with Crippen molar-refractivity contribution in [1.82, 2.24) is 5.32 Å². The number of benzene rings is 1. The summed E-state index contributed by atoms with van der Waals surface area (Å²) in [5.74, 6) is 0. The van der Waals surface area contributed by atoms with E-state index < -0.39 is 0 Å². The zero-order valence-corrected chi connectivity index (χ0v) is 12.9. The summed E-state index contributed by atoms with van der Waals surface area (Å²) >= 11 is 1.92. The third-order valence-electron chi connectivity index (χ3n) is 4.04. The van der Waals surface area contributed by atoms with E-state index >= 15 is 0 Å². The van der Waals surface area contributed by atoms with E-state index in [9.17, 15) is 0 Å². The van der Waals surface area contributed by atoms with Gasteiger partial charge in [-0.3, -0.25) is 0 Å². The van der Waals surface area contributed by atoms with Crippen LogP contribution in [0, 0.1) is 0 Å². The Balaban J connectivity index is 1.71. The van der Waals surface area contributed by atoms with Crippen molar-refractivity contribution in [2.24, 2.45) is 0 Å². The Morgan fingerprint density at radius 3 is 3.05 bits per heavy atom. The third kappa shape index (κ3) is 3.22. The molecule has 1 fully saturated rings. The van der Waals surface area contributed by atoms with Gasteiger partial charge in [-0.1, -0.05) is 25.1 Å². The van der Waals surface area contributed by atoms with Crippen LogP contribution in [0.25, 0.3) is 10.1 Å². The molecule has 1 aromatic carbocycles. The number of thiophene rings is 1. The first-order chi connectivity index (χ1) is 9.86. The highest BCUT2D eigenvalue weighted by Gasteiger charge is 2.19. The molecule has 2 aromatic rings. The largest absolute Gasteiger partial charge is 0.378 e. The lowest BCUT2D eigenvalue weighted by Crippen LogP contribution is -2.21. The van der Waals surface area contributed by atoms with Gasteiger partial charge in [-0.15, -0.1) is 11.3 Å². The van der Waals surface area contributed by atoms with Crippen LogP contribution in [-0.2, 0) is 4.74 Å². The molecule has 2 unspecified atom stereocenters. The lowest BCUT2D eigenvalue weighted by atomic mass is 10.0. The van der Waals surface area contributed by atoms with Crippen LogP contribution in [0.2, 0.25) is 0 Å². The second-order valence-corrected chi connectivity index (χ2v) is 6.62. The first-order valence-electron chi connectivity index (χ1n) is 7.70. The Morgan fingerprint density at radius 2 is 2.30 bits per heavy atom. The highest BCUT2D eigenvalue weighted by atomic mass is 32.1. The first kappa shape index (κ1) is 14.1. The smallest absolute Gasteiger partial charge is 0.0576 e. The summed E-state index contributed by atoms with van der Waals surface area (Å²) in [6.45, 7) is 4.16. The summed E-state index contributed by atoms with van der Waals surface area (Å²) in [6, 6.07) is 11.5. The summed E-state index contributed by atoms with van der Waals surface area (Å²) in [7, 11) is 0. The van der Waals surface area contributed by atoms with Crippen molar-refractivity contribution in [3.05, 3.63) is 35.2 Å². The van der Waals surface area contributed by atoms with Gasteiger partial charge in [0.1, 0.15) is 0 Å². The molecule has 20 heavy (non-hydrogen) atoms. The Morgan fingerprint density at radius 1 is 1.40 bits per heavy atom. The average molecular weight is 289 g/mol. The van der Waals surface area contributed by atoms with E-state index in [-0.39, 0.29) is 0 Å². The SMILES string of the molecule is CCNC(CCC1CCCO1)c1cc2ccccc2s1. The molecule has 0 bridgehead atoms. The number of ether oxygens (including phenoxy) is 1. The summed E-state index contributed by atoms with van der Waals surface area (Å²) in [5, 5.41) is 5.01. The number of rotatable bonds is 6. The van der Waals surface area contributed by atoms with Gasteiger partial charge in [-0.25, -0.2) is 0 Å². The van der Waals surface area contributed by atoms with Crippen molar-refractivity contribution < 1.29 is 4.74 Å². The molecule has 2 nitrogen and oxygen atoms in total. The van der Waals surface area contributed by atoms with Gasteiger partial charge < -0.3 is 10.1 Å². The first-order valence-corrected chi connectivity index (χ1v) is 8.52. The minimum absolute atomic E-state index is 0.474. The van der Waals surface area contributed by atoms with E-state index in [2.05, 4.69) is 42.6 Å². The molecule has 0 saturated carbocycles. The summed E-state index contributed by atoms with van der Waals surface area (Å²) in [5.41, 5.74) is 0. The van der Waals surface area contributed by atoms with Gasteiger partial charge in [-0.05, 0) is 49.7 Å². The molecular formula is C17H23NOS. The maximum atomic E-state index is 5.75. The topological polar surface area (TPSA) is 21.3 Å². The van der Waals surface area contributed by atoms with E-state index in [4.69, 9.17) is 4.74 Å². The molecule has 2 heterocycles. The summed E-state index contributed by atoms with van der Waals surface area (Å²) in [4.78, 5) is 1.46. The van der Waals surface area contributed by atoms with Crippen molar-refractivity contribution in [1.29, 1.82) is 0 Å². The minimum Gasteiger partial charge on any atom is -0.378 e. The van der Waals surface area contributed by atoms with Crippen molar-refractivity contribution in [2.75, 3.05) is 13.2 Å². The molecule has 3 heteroatoms. The highest BCUT2D eigenvalue weighted by molar-refractivity contribution is 7.19. The summed E-state index contributed by atoms with van der Waals surface area (Å²) < 4.78 is 7.14. The zero-order valence-electron chi connectivity index (χ0n) is 12.1. The van der Waals surface area contributed by atoms with Crippen LogP contribution in [0.1, 0.15) is 43.5 Å². The van der Waals surface area contributed by atoms with Crippen LogP contribution in [0.4, 0.5) is 0 Å². The fourth-order valence-corrected chi connectivity index (χ4v) is 4.16. The van der Waals surface area contributed by atoms with E-state index in [1.54, 1.807) is 0 Å². The average Bonchev–Trinajstić information content (AvgIpc) is 3.12. The van der Waals surface area contributed by atoms with Crippen molar-refractivity contribution in [3.63, 3.8) is 0 Å². The van der Waals surface area contributed by atoms with Gasteiger partial charge in [0.15, 0.2) is 0 Å². The quantitative estimate of drug-likeness (QED) is 0.844. The maximum Gasteiger partial charge on any atom is 0.0576 e. The molecule has 0 radical (unpaired) electrons. The monoisotopic (exact) mass is 289 g/mol. The highest BCUT2D eigenvalue weighted by Crippen LogP contribution is 2.32. The maximum absolute atomic E-state index is 5.75. The molecule has 0 aliphatic carbocycles. The Bertz CT molecular complexity index is 512. The minimum atomic E-state index is 0.474. The summed E-state index contributed by atoms with van der Waals surface area (Å²) in [6.07, 6.45) is 5.31. The number of hydrogen-bond donors (Lipinski definition) is 1. The zero-order chi connectivity index (χ0) is 13.8. The Hall–Kier alpha value is -0.900. The van der Waals surface area contributed by atoms with Crippen LogP contribution in [-0.4, -0.2) is 19.3 Å². The van der Waals surface area contributed by atoms with Gasteiger partial charge in [0, 0.05) is 22.2 Å². The van der Waals surface area contributed by atoms with Crippen LogP contribution in [0.3, 0.4) is 0 Å². The number of hydrogen-bond acceptors (Lipinski definition) is 3. The van der Waals surface area contributed by atoms with E-state index in [1.807, 2.05) is 11.3 Å². The Kier molecular flexibility index (Phi) is 4.71. The number of fused-ring (bicyclic) bond motifs is 1. The molecule has 108 valence electrons. The molecule has 1 aliphatic heterocycles. The molecule has 0 amide bonds. The standard InChI is InChI=1S/C17H23NOS/c1-2-18-15(10-9-14-7-5-11-19-14)17-12-13-6-3-4-8-16(13)20-17/h3-4,6,8,12,14-15,18H,2,5,7,9-11H2,1H3. The molecular weight excluding hydrogens is 266 g/mol. The molecule has 2 atom stereocenters. The van der Waals surface area contributed by atoms with Crippen molar-refractivity contribution in [3.8, 4) is 0 Å². The van der Waals surface area contributed by atoms with Crippen molar-refractivity contribution >= 4 is 21.4 Å². The number of nitrogens with one attached hydrogen (secondary N) is 1. The van der Waals surface area contributed by atoms with Crippen LogP contribution >= 0.6 is 11.3 Å². The second-order valence-electron chi connectivity index (χ2n) is 5.51. The van der Waals surface area contributed by atoms with Crippen LogP contribution in [0.5, 0.6) is 0 Å². The predicted molar refractivity (Wildman–Crippen MR) is 86.5 cm³/mol. The van der Waals surface area contributed by atoms with Gasteiger partial charge in [0.05, 0.1) is 6.10 Å². The molecule has 0 spiro atoms. The van der Waals surface area contributed by atoms with Gasteiger partial charge in [0.2, 0.25) is 0 Å². The molecule has 1 N–H and O–H groups in total. The third-order valence-corrected chi connectivity index (χ3v) is 5.27. The second kappa shape index (κ2) is 6.70. The lowest BCUT2D eigenvalue weighted by Gasteiger charge is -2.18. The molecule has 1 saturated heterocycles. The van der Waals surface area contributed by atoms with E-state index in [0.29, 0.717) is 12.1 Å². The van der Waals surface area contributed by atoms with Gasteiger partial charge in [-0.2, -0.15) is 0 Å². The normalized spacial score (nSPS) is 20.6. The van der Waals surface area contributed by atoms with Crippen molar-refractivity contribution in [2.45, 2.75) is 44.8 Å². The Labute approximate surface area is 125 Å². The molecule has 1 aliphatic rings. The van der Waals surface area contributed by atoms with E-state index in [1.165, 1.54) is 40.6 Å². The van der Waals surface area contributed by atoms with Gasteiger partial charge in [0.25, 0.3) is 0 Å². The molecule has 3 rings (SSSR count). The van der Waals surface area contributed by atoms with Gasteiger partial charge >= 0.3 is 0 Å². The van der Waals surface area contributed by atoms with E-state index in [0.717, 1.165) is 13.2 Å². The fraction of sp³-hybridized carbons (Fsp3) is 0.529. The van der Waals surface area contributed by atoms with Crippen LogP contribution in [0.15, 0.2) is 30.3 Å². The lowest BCUT2D eigenvalue weighted by molar-refractivity contribution is 0.0997.